The molecule has 1 aromatic rings. The predicted octanol–water partition coefficient (Wildman–Crippen LogP) is 2.39. The summed E-state index contributed by atoms with van der Waals surface area (Å²) in [5.41, 5.74) is 8.00. The second-order valence-corrected chi connectivity index (χ2v) is 4.95. The quantitative estimate of drug-likeness (QED) is 0.872. The van der Waals surface area contributed by atoms with Gasteiger partial charge in [-0.3, -0.25) is 0 Å². The average molecular weight is 234 g/mol. The van der Waals surface area contributed by atoms with Crippen molar-refractivity contribution in [3.05, 3.63) is 23.8 Å². The molecule has 0 fully saturated rings. The summed E-state index contributed by atoms with van der Waals surface area (Å²) in [6, 6.07) is 6.28. The maximum Gasteiger partial charge on any atom is 0.143 e. The lowest BCUT2D eigenvalue weighted by Gasteiger charge is -2.37. The summed E-state index contributed by atoms with van der Waals surface area (Å²) in [4.78, 5) is 2.38. The van der Waals surface area contributed by atoms with E-state index >= 15 is 0 Å². The van der Waals surface area contributed by atoms with Gasteiger partial charge < -0.3 is 15.4 Å². The van der Waals surface area contributed by atoms with Crippen LogP contribution in [0, 0.1) is 5.92 Å². The lowest BCUT2D eigenvalue weighted by atomic mass is 10.0. The highest BCUT2D eigenvalue weighted by Crippen LogP contribution is 2.35. The zero-order valence-electron chi connectivity index (χ0n) is 10.9. The Labute approximate surface area is 104 Å². The summed E-state index contributed by atoms with van der Waals surface area (Å²) in [5, 5.41) is 0. The molecule has 1 aliphatic heterocycles. The zero-order valence-corrected chi connectivity index (χ0v) is 10.9. The fourth-order valence-corrected chi connectivity index (χ4v) is 2.20. The van der Waals surface area contributed by atoms with E-state index in [9.17, 15) is 0 Å². The minimum Gasteiger partial charge on any atom is -0.486 e. The van der Waals surface area contributed by atoms with E-state index in [0.717, 1.165) is 24.4 Å². The summed E-state index contributed by atoms with van der Waals surface area (Å²) in [5.74, 6) is 1.51. The number of hydrogen-bond donors (Lipinski definition) is 1. The highest BCUT2D eigenvalue weighted by atomic mass is 16.5. The fraction of sp³-hybridized carbons (Fsp3) is 0.571. The molecule has 0 aliphatic carbocycles. The Kier molecular flexibility index (Phi) is 3.57. The third kappa shape index (κ3) is 2.39. The fourth-order valence-electron chi connectivity index (χ4n) is 2.20. The maximum atomic E-state index is 6.07. The molecule has 0 bridgehead atoms. The number of hydrogen-bond acceptors (Lipinski definition) is 3. The van der Waals surface area contributed by atoms with E-state index in [4.69, 9.17) is 10.5 Å². The molecule has 3 nitrogen and oxygen atoms in total. The maximum absolute atomic E-state index is 6.07. The number of likely N-dealkylation sites (N-methyl/N-ethyl adjacent to an activating group) is 1. The Morgan fingerprint density at radius 1 is 1.47 bits per heavy atom. The monoisotopic (exact) mass is 234 g/mol. The molecule has 94 valence electrons. The minimum atomic E-state index is 0.274. The van der Waals surface area contributed by atoms with Gasteiger partial charge in [0.1, 0.15) is 11.9 Å². The van der Waals surface area contributed by atoms with Crippen LogP contribution in [0.2, 0.25) is 0 Å². The highest BCUT2D eigenvalue weighted by Gasteiger charge is 2.26. The van der Waals surface area contributed by atoms with Crippen LogP contribution < -0.4 is 15.4 Å². The van der Waals surface area contributed by atoms with Gasteiger partial charge in [-0.05, 0) is 30.5 Å². The molecule has 0 saturated heterocycles. The van der Waals surface area contributed by atoms with Crippen molar-refractivity contribution < 1.29 is 4.74 Å². The first kappa shape index (κ1) is 12.2. The molecule has 1 heterocycles. The van der Waals surface area contributed by atoms with E-state index in [0.29, 0.717) is 12.5 Å². The zero-order chi connectivity index (χ0) is 12.4. The molecule has 3 heteroatoms. The van der Waals surface area contributed by atoms with Crippen LogP contribution in [0.5, 0.6) is 5.75 Å². The number of ether oxygens (including phenoxy) is 1. The molecule has 0 radical (unpaired) electrons. The number of fused-ring (bicyclic) bond motifs is 1. The molecular formula is C14H22N2O. The average Bonchev–Trinajstić information content (AvgIpc) is 2.36. The van der Waals surface area contributed by atoms with Crippen molar-refractivity contribution >= 4 is 5.69 Å². The Morgan fingerprint density at radius 2 is 2.24 bits per heavy atom. The van der Waals surface area contributed by atoms with Crippen molar-refractivity contribution in [1.29, 1.82) is 0 Å². The molecule has 1 aromatic carbocycles. The van der Waals surface area contributed by atoms with Crippen molar-refractivity contribution in [1.82, 2.24) is 0 Å². The van der Waals surface area contributed by atoms with Crippen LogP contribution >= 0.6 is 0 Å². The smallest absolute Gasteiger partial charge is 0.143 e. The van der Waals surface area contributed by atoms with Gasteiger partial charge >= 0.3 is 0 Å². The molecule has 17 heavy (non-hydrogen) atoms. The molecule has 1 unspecified atom stereocenters. The van der Waals surface area contributed by atoms with E-state index in [2.05, 4.69) is 43.9 Å². The van der Waals surface area contributed by atoms with Crippen molar-refractivity contribution in [2.24, 2.45) is 11.7 Å². The molecule has 0 saturated carbocycles. The van der Waals surface area contributed by atoms with Gasteiger partial charge in [-0.1, -0.05) is 19.9 Å². The topological polar surface area (TPSA) is 38.5 Å². The van der Waals surface area contributed by atoms with Gasteiger partial charge in [-0.25, -0.2) is 0 Å². The van der Waals surface area contributed by atoms with E-state index in [-0.39, 0.29) is 6.10 Å². The number of rotatable bonds is 3. The van der Waals surface area contributed by atoms with E-state index in [1.807, 2.05) is 0 Å². The Hall–Kier alpha value is -1.22. The Balaban J connectivity index is 2.33. The molecular weight excluding hydrogens is 212 g/mol. The van der Waals surface area contributed by atoms with Crippen LogP contribution in [0.15, 0.2) is 18.2 Å². The SMILES string of the molecule is CCN1CC(C(C)C)Oc2cc(CN)ccc21. The standard InChI is InChI=1S/C14H22N2O/c1-4-16-9-14(10(2)3)17-13-7-11(8-15)5-6-12(13)16/h5-7,10,14H,4,8-9,15H2,1-3H3. The second kappa shape index (κ2) is 4.96. The molecule has 1 atom stereocenters. The van der Waals surface area contributed by atoms with Gasteiger partial charge in [0.05, 0.1) is 12.2 Å². The lowest BCUT2D eigenvalue weighted by Crippen LogP contribution is -2.42. The van der Waals surface area contributed by atoms with Crippen LogP contribution in [0.25, 0.3) is 0 Å². The van der Waals surface area contributed by atoms with Gasteiger partial charge in [-0.2, -0.15) is 0 Å². The van der Waals surface area contributed by atoms with Crippen LogP contribution in [0.3, 0.4) is 0 Å². The lowest BCUT2D eigenvalue weighted by molar-refractivity contribution is 0.146. The van der Waals surface area contributed by atoms with Gasteiger partial charge in [0.2, 0.25) is 0 Å². The number of anilines is 1. The van der Waals surface area contributed by atoms with Crippen LogP contribution in [0.4, 0.5) is 5.69 Å². The van der Waals surface area contributed by atoms with Crippen molar-refractivity contribution in [2.75, 3.05) is 18.0 Å². The molecule has 0 aromatic heterocycles. The van der Waals surface area contributed by atoms with Crippen molar-refractivity contribution in [3.8, 4) is 5.75 Å². The van der Waals surface area contributed by atoms with Crippen molar-refractivity contribution in [2.45, 2.75) is 33.4 Å². The van der Waals surface area contributed by atoms with E-state index in [1.165, 1.54) is 5.69 Å². The normalized spacial score (nSPS) is 19.1. The summed E-state index contributed by atoms with van der Waals surface area (Å²) in [6.07, 6.45) is 0.274. The highest BCUT2D eigenvalue weighted by molar-refractivity contribution is 5.61. The first-order chi connectivity index (χ1) is 8.15. The van der Waals surface area contributed by atoms with Gasteiger partial charge in [-0.15, -0.1) is 0 Å². The molecule has 0 amide bonds. The number of nitrogens with zero attached hydrogens (tertiary/aromatic N) is 1. The van der Waals surface area contributed by atoms with E-state index < -0.39 is 0 Å². The van der Waals surface area contributed by atoms with Crippen LogP contribution in [-0.4, -0.2) is 19.2 Å². The summed E-state index contributed by atoms with van der Waals surface area (Å²) in [6.45, 7) is 9.15. The summed E-state index contributed by atoms with van der Waals surface area (Å²) >= 11 is 0. The molecule has 2 N–H and O–H groups in total. The van der Waals surface area contributed by atoms with Gasteiger partial charge in [0.15, 0.2) is 0 Å². The van der Waals surface area contributed by atoms with Crippen LogP contribution in [0.1, 0.15) is 26.3 Å². The summed E-state index contributed by atoms with van der Waals surface area (Å²) < 4.78 is 6.07. The van der Waals surface area contributed by atoms with Gasteiger partial charge in [0, 0.05) is 13.1 Å². The number of benzene rings is 1. The molecule has 1 aliphatic rings. The van der Waals surface area contributed by atoms with Crippen LogP contribution in [-0.2, 0) is 6.54 Å². The predicted molar refractivity (Wildman–Crippen MR) is 71.5 cm³/mol. The molecule has 2 rings (SSSR count). The Morgan fingerprint density at radius 3 is 2.82 bits per heavy atom. The second-order valence-electron chi connectivity index (χ2n) is 4.95. The number of nitrogens with two attached hydrogens (primary N) is 1. The van der Waals surface area contributed by atoms with Gasteiger partial charge in [0.25, 0.3) is 0 Å². The Bertz CT molecular complexity index is 390. The minimum absolute atomic E-state index is 0.274. The summed E-state index contributed by atoms with van der Waals surface area (Å²) in [7, 11) is 0. The molecule has 0 spiro atoms. The first-order valence-corrected chi connectivity index (χ1v) is 6.40. The first-order valence-electron chi connectivity index (χ1n) is 6.40. The third-order valence-electron chi connectivity index (χ3n) is 3.40. The van der Waals surface area contributed by atoms with Crippen molar-refractivity contribution in [3.63, 3.8) is 0 Å². The third-order valence-corrected chi connectivity index (χ3v) is 3.40. The van der Waals surface area contributed by atoms with E-state index in [1.54, 1.807) is 0 Å². The largest absolute Gasteiger partial charge is 0.486 e.